The number of hydrogen-bond acceptors (Lipinski definition) is 4. The van der Waals surface area contributed by atoms with Crippen molar-refractivity contribution in [2.45, 2.75) is 26.3 Å². The van der Waals surface area contributed by atoms with Gasteiger partial charge in [0, 0.05) is 55.0 Å². The molecule has 2 aromatic rings. The van der Waals surface area contributed by atoms with E-state index >= 15 is 0 Å². The van der Waals surface area contributed by atoms with Gasteiger partial charge in [-0.2, -0.15) is 0 Å². The number of carbonyl (C=O) groups is 1. The first-order valence-corrected chi connectivity index (χ1v) is 8.96. The summed E-state index contributed by atoms with van der Waals surface area (Å²) in [5.41, 5.74) is 3.97. The van der Waals surface area contributed by atoms with Crippen LogP contribution in [0.4, 0.5) is 10.1 Å². The lowest BCUT2D eigenvalue weighted by Gasteiger charge is -2.26. The molecular weight excluding hydrogens is 325 g/mol. The first kappa shape index (κ1) is 16.9. The normalized spacial score (nSPS) is 14.0. The maximum absolute atomic E-state index is 14.6. The van der Waals surface area contributed by atoms with Gasteiger partial charge in [-0.05, 0) is 35.7 Å². The smallest absolute Gasteiger partial charge is 0.227 e. The Balaban J connectivity index is 1.93. The molecule has 4 nitrogen and oxygen atoms in total. The quantitative estimate of drug-likeness (QED) is 0.665. The Morgan fingerprint density at radius 1 is 1.29 bits per heavy atom. The summed E-state index contributed by atoms with van der Waals surface area (Å²) in [6.45, 7) is 2.76. The minimum atomic E-state index is -0.329. The standard InChI is InChI=1S/C18H20FN3OS/c1-3-24-21-10-12-6-14(11-20-9-12)15-7-13-4-5-18(23)22(2)17(13)8-16(15)19/h6-9,11,21H,3-5,10H2,1-2H3. The van der Waals surface area contributed by atoms with Crippen molar-refractivity contribution in [3.8, 4) is 11.1 Å². The van der Waals surface area contributed by atoms with Crippen LogP contribution in [0.3, 0.4) is 0 Å². The highest BCUT2D eigenvalue weighted by Crippen LogP contribution is 2.33. The van der Waals surface area contributed by atoms with Crippen LogP contribution in [-0.2, 0) is 17.8 Å². The van der Waals surface area contributed by atoms with Crippen LogP contribution < -0.4 is 9.62 Å². The third-order valence-electron chi connectivity index (χ3n) is 4.14. The number of halogens is 1. The molecule has 1 aliphatic rings. The number of nitrogens with one attached hydrogen (secondary N) is 1. The Morgan fingerprint density at radius 2 is 2.12 bits per heavy atom. The summed E-state index contributed by atoms with van der Waals surface area (Å²) in [7, 11) is 1.69. The van der Waals surface area contributed by atoms with Crippen LogP contribution in [0.15, 0.2) is 30.6 Å². The van der Waals surface area contributed by atoms with E-state index < -0.39 is 0 Å². The average Bonchev–Trinajstić information content (AvgIpc) is 2.59. The second kappa shape index (κ2) is 7.32. The molecule has 1 aromatic carbocycles. The number of carbonyl (C=O) groups excluding carboxylic acids is 1. The Morgan fingerprint density at radius 3 is 2.92 bits per heavy atom. The summed E-state index contributed by atoms with van der Waals surface area (Å²) in [6.07, 6.45) is 4.58. The number of benzene rings is 1. The van der Waals surface area contributed by atoms with E-state index in [-0.39, 0.29) is 11.7 Å². The fourth-order valence-electron chi connectivity index (χ4n) is 2.85. The SMILES string of the molecule is CCSNCc1cncc(-c2cc3c(cc2F)N(C)C(=O)CC3)c1. The van der Waals surface area contributed by atoms with Gasteiger partial charge in [-0.25, -0.2) is 4.39 Å². The molecule has 3 rings (SSSR count). The van der Waals surface area contributed by atoms with Gasteiger partial charge in [0.05, 0.1) is 0 Å². The molecular formula is C18H20FN3OS. The number of anilines is 1. The third kappa shape index (κ3) is 3.44. The zero-order valence-corrected chi connectivity index (χ0v) is 14.6. The second-order valence-corrected chi connectivity index (χ2v) is 6.90. The number of hydrogen-bond donors (Lipinski definition) is 1. The predicted molar refractivity (Wildman–Crippen MR) is 96.3 cm³/mol. The summed E-state index contributed by atoms with van der Waals surface area (Å²) in [6, 6.07) is 5.26. The molecule has 0 spiro atoms. The van der Waals surface area contributed by atoms with Crippen molar-refractivity contribution < 1.29 is 9.18 Å². The van der Waals surface area contributed by atoms with Gasteiger partial charge in [-0.1, -0.05) is 18.9 Å². The molecule has 1 N–H and O–H groups in total. The highest BCUT2D eigenvalue weighted by molar-refractivity contribution is 7.97. The fraction of sp³-hybridized carbons (Fsp3) is 0.333. The molecule has 0 aliphatic carbocycles. The largest absolute Gasteiger partial charge is 0.315 e. The van der Waals surface area contributed by atoms with Crippen LogP contribution in [-0.4, -0.2) is 23.7 Å². The molecule has 24 heavy (non-hydrogen) atoms. The van der Waals surface area contributed by atoms with Crippen LogP contribution in [0.25, 0.3) is 11.1 Å². The van der Waals surface area contributed by atoms with Crippen LogP contribution in [0.1, 0.15) is 24.5 Å². The molecule has 126 valence electrons. The number of rotatable bonds is 5. The van der Waals surface area contributed by atoms with Gasteiger partial charge in [0.2, 0.25) is 5.91 Å². The van der Waals surface area contributed by atoms with Crippen LogP contribution in [0.5, 0.6) is 0 Å². The Hall–Kier alpha value is -1.92. The van der Waals surface area contributed by atoms with Gasteiger partial charge in [0.1, 0.15) is 5.82 Å². The van der Waals surface area contributed by atoms with Crippen molar-refractivity contribution in [3.63, 3.8) is 0 Å². The monoisotopic (exact) mass is 345 g/mol. The van der Waals surface area contributed by atoms with Gasteiger partial charge in [0.25, 0.3) is 0 Å². The lowest BCUT2D eigenvalue weighted by Crippen LogP contribution is -2.31. The van der Waals surface area contributed by atoms with Crippen molar-refractivity contribution in [1.29, 1.82) is 0 Å². The zero-order valence-electron chi connectivity index (χ0n) is 13.8. The summed E-state index contributed by atoms with van der Waals surface area (Å²) in [5.74, 6) is 0.682. The minimum absolute atomic E-state index is 0.0258. The molecule has 1 aliphatic heterocycles. The highest BCUT2D eigenvalue weighted by Gasteiger charge is 2.23. The van der Waals surface area contributed by atoms with Gasteiger partial charge in [0.15, 0.2) is 0 Å². The molecule has 6 heteroatoms. The van der Waals surface area contributed by atoms with Crippen molar-refractivity contribution in [1.82, 2.24) is 9.71 Å². The molecule has 0 saturated carbocycles. The summed E-state index contributed by atoms with van der Waals surface area (Å²) in [5, 5.41) is 0. The van der Waals surface area contributed by atoms with E-state index in [0.717, 1.165) is 22.4 Å². The van der Waals surface area contributed by atoms with E-state index in [1.807, 2.05) is 12.1 Å². The zero-order chi connectivity index (χ0) is 17.1. The fourth-order valence-corrected chi connectivity index (χ4v) is 3.33. The van der Waals surface area contributed by atoms with Crippen LogP contribution in [0.2, 0.25) is 0 Å². The molecule has 1 aromatic heterocycles. The van der Waals surface area contributed by atoms with E-state index in [9.17, 15) is 9.18 Å². The number of amides is 1. The van der Waals surface area contributed by atoms with Crippen molar-refractivity contribution >= 4 is 23.5 Å². The summed E-state index contributed by atoms with van der Waals surface area (Å²) in [4.78, 5) is 17.6. The van der Waals surface area contributed by atoms with Crippen molar-refractivity contribution in [3.05, 3.63) is 47.5 Å². The first-order valence-electron chi connectivity index (χ1n) is 7.98. The van der Waals surface area contributed by atoms with Gasteiger partial charge in [-0.3, -0.25) is 14.5 Å². The molecule has 0 unspecified atom stereocenters. The van der Waals surface area contributed by atoms with Gasteiger partial charge in [-0.15, -0.1) is 0 Å². The topological polar surface area (TPSA) is 45.2 Å². The highest BCUT2D eigenvalue weighted by atomic mass is 32.2. The molecule has 0 atom stereocenters. The summed E-state index contributed by atoms with van der Waals surface area (Å²) < 4.78 is 17.9. The molecule has 2 heterocycles. The second-order valence-electron chi connectivity index (χ2n) is 5.75. The molecule has 0 radical (unpaired) electrons. The minimum Gasteiger partial charge on any atom is -0.315 e. The maximum Gasteiger partial charge on any atom is 0.227 e. The van der Waals surface area contributed by atoms with E-state index in [0.29, 0.717) is 30.6 Å². The molecule has 0 bridgehead atoms. The van der Waals surface area contributed by atoms with Gasteiger partial charge < -0.3 is 4.90 Å². The van der Waals surface area contributed by atoms with Crippen molar-refractivity contribution in [2.24, 2.45) is 0 Å². The van der Waals surface area contributed by atoms with Gasteiger partial charge >= 0.3 is 0 Å². The number of aryl methyl sites for hydroxylation is 1. The van der Waals surface area contributed by atoms with Crippen molar-refractivity contribution in [2.75, 3.05) is 17.7 Å². The van der Waals surface area contributed by atoms with E-state index in [1.165, 1.54) is 11.0 Å². The Bertz CT molecular complexity index is 766. The van der Waals surface area contributed by atoms with E-state index in [4.69, 9.17) is 0 Å². The van der Waals surface area contributed by atoms with Crippen LogP contribution >= 0.6 is 11.9 Å². The van der Waals surface area contributed by atoms with E-state index in [1.54, 1.807) is 31.4 Å². The summed E-state index contributed by atoms with van der Waals surface area (Å²) >= 11 is 1.64. The Labute approximate surface area is 145 Å². The number of nitrogens with zero attached hydrogens (tertiary/aromatic N) is 2. The Kier molecular flexibility index (Phi) is 5.16. The number of aromatic nitrogens is 1. The lowest BCUT2D eigenvalue weighted by atomic mass is 9.96. The average molecular weight is 345 g/mol. The number of pyridine rings is 1. The number of fused-ring (bicyclic) bond motifs is 1. The maximum atomic E-state index is 14.6. The van der Waals surface area contributed by atoms with E-state index in [2.05, 4.69) is 16.6 Å². The lowest BCUT2D eigenvalue weighted by molar-refractivity contribution is -0.118. The third-order valence-corrected chi connectivity index (χ3v) is 4.78. The molecule has 0 saturated heterocycles. The van der Waals surface area contributed by atoms with Crippen LogP contribution in [0, 0.1) is 5.82 Å². The molecule has 1 amide bonds. The predicted octanol–water partition coefficient (Wildman–Crippen LogP) is 3.55. The molecule has 0 fully saturated rings. The first-order chi connectivity index (χ1) is 11.6.